The van der Waals surface area contributed by atoms with Crippen LogP contribution in [0.4, 0.5) is 5.95 Å². The van der Waals surface area contributed by atoms with Crippen molar-refractivity contribution in [3.8, 4) is 22.9 Å². The van der Waals surface area contributed by atoms with Gasteiger partial charge in [0.15, 0.2) is 17.3 Å². The van der Waals surface area contributed by atoms with Crippen molar-refractivity contribution < 1.29 is 14.3 Å². The molecule has 1 aliphatic rings. The standard InChI is InChI=1S/C29H29N5O3/c1-4-36-24-16-22(14-15-23(24)37-17-20-8-6-5-7-9-20)26-25(27(30)35)19(3)31-29-32-28(33-34(26)29)21-12-10-18(2)11-13-21/h5-16,26H,4,17H2,1-3H3,(H2,30,35)(H,31,32,33). The van der Waals surface area contributed by atoms with E-state index in [4.69, 9.17) is 25.3 Å². The predicted octanol–water partition coefficient (Wildman–Crippen LogP) is 5.01. The van der Waals surface area contributed by atoms with Gasteiger partial charge < -0.3 is 20.5 Å². The van der Waals surface area contributed by atoms with Crippen LogP contribution >= 0.6 is 0 Å². The molecule has 0 saturated heterocycles. The molecule has 37 heavy (non-hydrogen) atoms. The molecule has 1 amide bonds. The topological polar surface area (TPSA) is 104 Å². The first kappa shape index (κ1) is 24.1. The quantitative estimate of drug-likeness (QED) is 0.356. The highest BCUT2D eigenvalue weighted by atomic mass is 16.5. The van der Waals surface area contributed by atoms with Crippen LogP contribution in [0, 0.1) is 6.92 Å². The van der Waals surface area contributed by atoms with E-state index in [1.807, 2.05) is 93.6 Å². The van der Waals surface area contributed by atoms with Crippen molar-refractivity contribution >= 4 is 11.9 Å². The maximum atomic E-state index is 12.6. The summed E-state index contributed by atoms with van der Waals surface area (Å²) in [6, 6.07) is 23.0. The highest BCUT2D eigenvalue weighted by Gasteiger charge is 2.34. The van der Waals surface area contributed by atoms with E-state index in [1.165, 1.54) is 0 Å². The summed E-state index contributed by atoms with van der Waals surface area (Å²) in [4.78, 5) is 17.3. The summed E-state index contributed by atoms with van der Waals surface area (Å²) in [6.07, 6.45) is 0. The van der Waals surface area contributed by atoms with Crippen molar-refractivity contribution in [3.05, 3.63) is 101 Å². The molecule has 2 heterocycles. The Bertz CT molecular complexity index is 1460. The minimum atomic E-state index is -0.581. The van der Waals surface area contributed by atoms with Crippen molar-refractivity contribution in [3.63, 3.8) is 0 Å². The van der Waals surface area contributed by atoms with Gasteiger partial charge in [-0.2, -0.15) is 4.98 Å². The number of nitrogens with one attached hydrogen (secondary N) is 1. The zero-order valence-corrected chi connectivity index (χ0v) is 21.1. The van der Waals surface area contributed by atoms with Crippen molar-refractivity contribution in [1.29, 1.82) is 0 Å². The number of aromatic nitrogens is 3. The number of carbonyl (C=O) groups is 1. The van der Waals surface area contributed by atoms with Crippen molar-refractivity contribution in [2.45, 2.75) is 33.4 Å². The van der Waals surface area contributed by atoms with Gasteiger partial charge in [-0.05, 0) is 44.0 Å². The number of fused-ring (bicyclic) bond motifs is 1. The maximum Gasteiger partial charge on any atom is 0.248 e. The molecular formula is C29H29N5O3. The van der Waals surface area contributed by atoms with Gasteiger partial charge in [-0.15, -0.1) is 5.10 Å². The molecule has 8 nitrogen and oxygen atoms in total. The average molecular weight is 496 g/mol. The number of carbonyl (C=O) groups excluding carboxylic acids is 1. The largest absolute Gasteiger partial charge is 0.490 e. The van der Waals surface area contributed by atoms with E-state index in [1.54, 1.807) is 4.68 Å². The van der Waals surface area contributed by atoms with Crippen molar-refractivity contribution in [2.75, 3.05) is 11.9 Å². The van der Waals surface area contributed by atoms with E-state index >= 15 is 0 Å². The summed E-state index contributed by atoms with van der Waals surface area (Å²) in [5.41, 5.74) is 10.8. The number of aryl methyl sites for hydroxylation is 1. The highest BCUT2D eigenvalue weighted by molar-refractivity contribution is 5.95. The maximum absolute atomic E-state index is 12.6. The minimum Gasteiger partial charge on any atom is -0.490 e. The summed E-state index contributed by atoms with van der Waals surface area (Å²) in [6.45, 7) is 6.63. The first-order valence-corrected chi connectivity index (χ1v) is 12.2. The van der Waals surface area contributed by atoms with E-state index in [0.29, 0.717) is 47.8 Å². The van der Waals surface area contributed by atoms with E-state index in [9.17, 15) is 4.79 Å². The second-order valence-electron chi connectivity index (χ2n) is 8.91. The molecule has 0 saturated carbocycles. The Morgan fingerprint density at radius 2 is 1.76 bits per heavy atom. The van der Waals surface area contributed by atoms with Crippen LogP contribution in [0.3, 0.4) is 0 Å². The van der Waals surface area contributed by atoms with Crippen LogP contribution in [0.25, 0.3) is 11.4 Å². The summed E-state index contributed by atoms with van der Waals surface area (Å²) < 4.78 is 13.7. The molecule has 5 rings (SSSR count). The minimum absolute atomic E-state index is 0.409. The molecule has 0 bridgehead atoms. The first-order chi connectivity index (χ1) is 17.9. The number of amides is 1. The predicted molar refractivity (Wildman–Crippen MR) is 142 cm³/mol. The monoisotopic (exact) mass is 495 g/mol. The molecule has 188 valence electrons. The van der Waals surface area contributed by atoms with Gasteiger partial charge in [0.2, 0.25) is 11.9 Å². The molecule has 1 aliphatic heterocycles. The molecule has 3 N–H and O–H groups in total. The lowest BCUT2D eigenvalue weighted by atomic mass is 9.95. The molecule has 0 aliphatic carbocycles. The first-order valence-electron chi connectivity index (χ1n) is 12.2. The van der Waals surface area contributed by atoms with Crippen molar-refractivity contribution in [1.82, 2.24) is 14.8 Å². The van der Waals surface area contributed by atoms with Crippen LogP contribution < -0.4 is 20.5 Å². The molecule has 8 heteroatoms. The Morgan fingerprint density at radius 1 is 1.00 bits per heavy atom. The van der Waals surface area contributed by atoms with E-state index in [0.717, 1.165) is 22.3 Å². The van der Waals surface area contributed by atoms with Gasteiger partial charge in [0.25, 0.3) is 0 Å². The molecule has 0 fully saturated rings. The molecule has 1 unspecified atom stereocenters. The Morgan fingerprint density at radius 3 is 2.46 bits per heavy atom. The number of benzene rings is 3. The Kier molecular flexibility index (Phi) is 6.64. The van der Waals surface area contributed by atoms with Crippen LogP contribution in [-0.4, -0.2) is 27.3 Å². The Labute approximate surface area is 215 Å². The normalized spacial score (nSPS) is 14.6. The summed E-state index contributed by atoms with van der Waals surface area (Å²) in [5, 5.41) is 7.97. The third-order valence-electron chi connectivity index (χ3n) is 6.25. The third kappa shape index (κ3) is 4.91. The van der Waals surface area contributed by atoms with E-state index in [-0.39, 0.29) is 0 Å². The number of nitrogens with two attached hydrogens (primary N) is 1. The van der Waals surface area contributed by atoms with Gasteiger partial charge in [0.05, 0.1) is 12.2 Å². The number of hydrogen-bond donors (Lipinski definition) is 2. The van der Waals surface area contributed by atoms with Crippen LogP contribution in [0.1, 0.15) is 36.6 Å². The molecule has 3 aromatic carbocycles. The fourth-order valence-electron chi connectivity index (χ4n) is 4.42. The number of rotatable bonds is 8. The second kappa shape index (κ2) is 10.2. The van der Waals surface area contributed by atoms with Crippen LogP contribution in [0.5, 0.6) is 11.5 Å². The van der Waals surface area contributed by atoms with Gasteiger partial charge >= 0.3 is 0 Å². The van der Waals surface area contributed by atoms with Gasteiger partial charge in [-0.25, -0.2) is 4.68 Å². The highest BCUT2D eigenvalue weighted by Crippen LogP contribution is 2.39. The zero-order chi connectivity index (χ0) is 25.9. The van der Waals surface area contributed by atoms with Gasteiger partial charge in [0, 0.05) is 11.3 Å². The van der Waals surface area contributed by atoms with Gasteiger partial charge in [-0.3, -0.25) is 4.79 Å². The second-order valence-corrected chi connectivity index (χ2v) is 8.91. The fourth-order valence-corrected chi connectivity index (χ4v) is 4.42. The number of allylic oxidation sites excluding steroid dienone is 1. The average Bonchev–Trinajstić information content (AvgIpc) is 3.31. The lowest BCUT2D eigenvalue weighted by Crippen LogP contribution is -2.31. The third-order valence-corrected chi connectivity index (χ3v) is 6.25. The van der Waals surface area contributed by atoms with E-state index < -0.39 is 11.9 Å². The summed E-state index contributed by atoms with van der Waals surface area (Å²) in [7, 11) is 0. The number of hydrogen-bond acceptors (Lipinski definition) is 6. The molecule has 0 spiro atoms. The lowest BCUT2D eigenvalue weighted by Gasteiger charge is -2.28. The Hall–Kier alpha value is -4.59. The molecular weight excluding hydrogens is 466 g/mol. The van der Waals surface area contributed by atoms with Crippen LogP contribution in [0.2, 0.25) is 0 Å². The molecule has 0 radical (unpaired) electrons. The van der Waals surface area contributed by atoms with Crippen molar-refractivity contribution in [2.24, 2.45) is 5.73 Å². The number of nitrogens with zero attached hydrogens (tertiary/aromatic N) is 3. The zero-order valence-electron chi connectivity index (χ0n) is 21.1. The fraction of sp³-hybridized carbons (Fsp3) is 0.207. The number of primary amides is 1. The summed E-state index contributed by atoms with van der Waals surface area (Å²) in [5.74, 6) is 1.75. The van der Waals surface area contributed by atoms with Gasteiger partial charge in [-0.1, -0.05) is 66.2 Å². The van der Waals surface area contributed by atoms with Crippen LogP contribution in [0.15, 0.2) is 84.1 Å². The summed E-state index contributed by atoms with van der Waals surface area (Å²) >= 11 is 0. The number of ether oxygens (including phenoxy) is 2. The van der Waals surface area contributed by atoms with E-state index in [2.05, 4.69) is 5.32 Å². The Balaban J connectivity index is 1.55. The SMILES string of the molecule is CCOc1cc(C2C(C(N)=O)=C(C)Nc3nc(-c4ccc(C)cc4)nn32)ccc1OCc1ccccc1. The molecule has 1 aromatic heterocycles. The smallest absolute Gasteiger partial charge is 0.248 e. The number of anilines is 1. The molecule has 4 aromatic rings. The van der Waals surface area contributed by atoms with Gasteiger partial charge in [0.1, 0.15) is 12.6 Å². The van der Waals surface area contributed by atoms with Crippen LogP contribution in [-0.2, 0) is 11.4 Å². The molecule has 1 atom stereocenters. The lowest BCUT2D eigenvalue weighted by molar-refractivity contribution is -0.115.